The molecule has 1 saturated heterocycles. The molecule has 1 aromatic rings. The fourth-order valence-corrected chi connectivity index (χ4v) is 2.83. The maximum Gasteiger partial charge on any atom is 0.235 e. The number of amides is 1. The zero-order valence-corrected chi connectivity index (χ0v) is 11.5. The molecule has 2 rings (SSSR count). The van der Waals surface area contributed by atoms with E-state index in [0.29, 0.717) is 0 Å². The van der Waals surface area contributed by atoms with E-state index in [-0.39, 0.29) is 17.9 Å². The maximum atomic E-state index is 11.9. The summed E-state index contributed by atoms with van der Waals surface area (Å²) in [6, 6.07) is 9.92. The molecule has 4 nitrogen and oxygen atoms in total. The standard InChI is InChI=1S/C15H23N3O/c1-12(13-6-3-2-4-7-13)14(15(16)19)18-10-5-8-17-9-11-18/h2-4,6-7,12,14,17H,5,8-11H2,1H3,(H2,16,19). The summed E-state index contributed by atoms with van der Waals surface area (Å²) >= 11 is 0. The highest BCUT2D eigenvalue weighted by Gasteiger charge is 2.30. The van der Waals surface area contributed by atoms with E-state index in [1.165, 1.54) is 5.56 Å². The number of carbonyl (C=O) groups excluding carboxylic acids is 1. The number of nitrogens with one attached hydrogen (secondary N) is 1. The monoisotopic (exact) mass is 261 g/mol. The smallest absolute Gasteiger partial charge is 0.235 e. The molecule has 4 heteroatoms. The van der Waals surface area contributed by atoms with Gasteiger partial charge in [-0.2, -0.15) is 0 Å². The van der Waals surface area contributed by atoms with Crippen LogP contribution in [0.25, 0.3) is 0 Å². The lowest BCUT2D eigenvalue weighted by atomic mass is 9.91. The largest absolute Gasteiger partial charge is 0.368 e. The summed E-state index contributed by atoms with van der Waals surface area (Å²) in [7, 11) is 0. The lowest BCUT2D eigenvalue weighted by Crippen LogP contribution is -2.49. The fourth-order valence-electron chi connectivity index (χ4n) is 2.83. The SMILES string of the molecule is CC(c1ccccc1)C(C(N)=O)N1CCCNCC1. The van der Waals surface area contributed by atoms with Gasteiger partial charge in [0.1, 0.15) is 0 Å². The molecule has 2 unspecified atom stereocenters. The predicted molar refractivity (Wildman–Crippen MR) is 76.9 cm³/mol. The summed E-state index contributed by atoms with van der Waals surface area (Å²) in [5.41, 5.74) is 6.83. The molecule has 0 radical (unpaired) electrons. The van der Waals surface area contributed by atoms with E-state index in [2.05, 4.69) is 29.3 Å². The highest BCUT2D eigenvalue weighted by molar-refractivity contribution is 5.81. The van der Waals surface area contributed by atoms with E-state index < -0.39 is 0 Å². The molecule has 2 atom stereocenters. The Kier molecular flexibility index (Phi) is 4.93. The van der Waals surface area contributed by atoms with Crippen LogP contribution in [0.5, 0.6) is 0 Å². The predicted octanol–water partition coefficient (Wildman–Crippen LogP) is 0.939. The van der Waals surface area contributed by atoms with Gasteiger partial charge in [0.25, 0.3) is 0 Å². The molecular formula is C15H23N3O. The van der Waals surface area contributed by atoms with Crippen LogP contribution in [0.15, 0.2) is 30.3 Å². The van der Waals surface area contributed by atoms with E-state index >= 15 is 0 Å². The third kappa shape index (κ3) is 3.55. The van der Waals surface area contributed by atoms with Crippen molar-refractivity contribution < 1.29 is 4.79 Å². The molecule has 19 heavy (non-hydrogen) atoms. The van der Waals surface area contributed by atoms with Gasteiger partial charge in [-0.05, 0) is 18.5 Å². The first-order chi connectivity index (χ1) is 9.20. The second kappa shape index (κ2) is 6.68. The number of carbonyl (C=O) groups is 1. The number of nitrogens with zero attached hydrogens (tertiary/aromatic N) is 1. The summed E-state index contributed by atoms with van der Waals surface area (Å²) in [4.78, 5) is 14.1. The van der Waals surface area contributed by atoms with Gasteiger partial charge in [0.2, 0.25) is 5.91 Å². The molecule has 1 aromatic carbocycles. The summed E-state index contributed by atoms with van der Waals surface area (Å²) in [6.45, 7) is 5.83. The molecular weight excluding hydrogens is 238 g/mol. The molecule has 0 bridgehead atoms. The zero-order valence-electron chi connectivity index (χ0n) is 11.5. The van der Waals surface area contributed by atoms with Crippen molar-refractivity contribution in [3.05, 3.63) is 35.9 Å². The van der Waals surface area contributed by atoms with E-state index in [1.54, 1.807) is 0 Å². The Morgan fingerprint density at radius 1 is 1.26 bits per heavy atom. The van der Waals surface area contributed by atoms with Crippen LogP contribution >= 0.6 is 0 Å². The summed E-state index contributed by atoms with van der Waals surface area (Å²) < 4.78 is 0. The lowest BCUT2D eigenvalue weighted by molar-refractivity contribution is -0.123. The van der Waals surface area contributed by atoms with Crippen LogP contribution in [0, 0.1) is 0 Å². The zero-order chi connectivity index (χ0) is 13.7. The molecule has 1 amide bonds. The van der Waals surface area contributed by atoms with Crippen molar-refractivity contribution in [1.29, 1.82) is 0 Å². The number of hydrogen-bond donors (Lipinski definition) is 2. The van der Waals surface area contributed by atoms with Crippen LogP contribution in [0.2, 0.25) is 0 Å². The van der Waals surface area contributed by atoms with Crippen molar-refractivity contribution in [2.24, 2.45) is 5.73 Å². The molecule has 1 heterocycles. The fraction of sp³-hybridized carbons (Fsp3) is 0.533. The molecule has 0 aromatic heterocycles. The molecule has 1 fully saturated rings. The van der Waals surface area contributed by atoms with E-state index in [0.717, 1.165) is 32.6 Å². The number of benzene rings is 1. The van der Waals surface area contributed by atoms with Crippen LogP contribution in [-0.4, -0.2) is 43.0 Å². The summed E-state index contributed by atoms with van der Waals surface area (Å²) in [5.74, 6) is -0.102. The quantitative estimate of drug-likeness (QED) is 0.848. The first-order valence-corrected chi connectivity index (χ1v) is 6.99. The summed E-state index contributed by atoms with van der Waals surface area (Å²) in [5, 5.41) is 3.36. The van der Waals surface area contributed by atoms with Gasteiger partial charge in [-0.3, -0.25) is 9.69 Å². The molecule has 104 valence electrons. The number of hydrogen-bond acceptors (Lipinski definition) is 3. The minimum atomic E-state index is -0.224. The second-order valence-electron chi connectivity index (χ2n) is 5.19. The second-order valence-corrected chi connectivity index (χ2v) is 5.19. The Bertz CT molecular complexity index is 399. The average Bonchev–Trinajstić information content (AvgIpc) is 2.68. The van der Waals surface area contributed by atoms with Crippen molar-refractivity contribution in [1.82, 2.24) is 10.2 Å². The molecule has 3 N–H and O–H groups in total. The highest BCUT2D eigenvalue weighted by atomic mass is 16.1. The van der Waals surface area contributed by atoms with Crippen molar-refractivity contribution in [2.75, 3.05) is 26.2 Å². The van der Waals surface area contributed by atoms with Gasteiger partial charge in [-0.1, -0.05) is 37.3 Å². The molecule has 0 saturated carbocycles. The minimum absolute atomic E-state index is 0.122. The van der Waals surface area contributed by atoms with Crippen molar-refractivity contribution in [3.63, 3.8) is 0 Å². The van der Waals surface area contributed by atoms with Gasteiger partial charge in [-0.15, -0.1) is 0 Å². The topological polar surface area (TPSA) is 58.4 Å². The maximum absolute atomic E-state index is 11.9. The first kappa shape index (κ1) is 14.0. The third-order valence-electron chi connectivity index (χ3n) is 3.86. The van der Waals surface area contributed by atoms with Crippen LogP contribution in [0.4, 0.5) is 0 Å². The first-order valence-electron chi connectivity index (χ1n) is 6.99. The summed E-state index contributed by atoms with van der Waals surface area (Å²) in [6.07, 6.45) is 1.06. The highest BCUT2D eigenvalue weighted by Crippen LogP contribution is 2.23. The number of nitrogens with two attached hydrogens (primary N) is 1. The molecule has 0 spiro atoms. The van der Waals surface area contributed by atoms with Gasteiger partial charge in [0, 0.05) is 25.6 Å². The Balaban J connectivity index is 2.17. The van der Waals surface area contributed by atoms with E-state index in [4.69, 9.17) is 5.73 Å². The molecule has 1 aliphatic rings. The minimum Gasteiger partial charge on any atom is -0.368 e. The van der Waals surface area contributed by atoms with E-state index in [9.17, 15) is 4.79 Å². The van der Waals surface area contributed by atoms with Crippen LogP contribution < -0.4 is 11.1 Å². The normalized spacial score (nSPS) is 20.5. The van der Waals surface area contributed by atoms with Crippen LogP contribution in [-0.2, 0) is 4.79 Å². The molecule has 1 aliphatic heterocycles. The van der Waals surface area contributed by atoms with Gasteiger partial charge in [0.15, 0.2) is 0 Å². The Hall–Kier alpha value is -1.39. The van der Waals surface area contributed by atoms with Gasteiger partial charge in [-0.25, -0.2) is 0 Å². The van der Waals surface area contributed by atoms with Crippen molar-refractivity contribution >= 4 is 5.91 Å². The molecule has 0 aliphatic carbocycles. The Morgan fingerprint density at radius 2 is 2.00 bits per heavy atom. The van der Waals surface area contributed by atoms with Gasteiger partial charge >= 0.3 is 0 Å². The van der Waals surface area contributed by atoms with Crippen molar-refractivity contribution in [3.8, 4) is 0 Å². The van der Waals surface area contributed by atoms with Crippen molar-refractivity contribution in [2.45, 2.75) is 25.3 Å². The van der Waals surface area contributed by atoms with Crippen LogP contribution in [0.1, 0.15) is 24.8 Å². The Morgan fingerprint density at radius 3 is 2.68 bits per heavy atom. The van der Waals surface area contributed by atoms with Gasteiger partial charge < -0.3 is 11.1 Å². The Labute approximate surface area is 115 Å². The van der Waals surface area contributed by atoms with Crippen LogP contribution in [0.3, 0.4) is 0 Å². The number of rotatable bonds is 4. The van der Waals surface area contributed by atoms with Gasteiger partial charge in [0.05, 0.1) is 6.04 Å². The van der Waals surface area contributed by atoms with E-state index in [1.807, 2.05) is 18.2 Å². The number of primary amides is 1. The average molecular weight is 261 g/mol. The third-order valence-corrected chi connectivity index (χ3v) is 3.86. The lowest BCUT2D eigenvalue weighted by Gasteiger charge is -2.32.